The zero-order valence-corrected chi connectivity index (χ0v) is 17.5. The molecule has 1 unspecified atom stereocenters. The van der Waals surface area contributed by atoms with Gasteiger partial charge in [0, 0.05) is 17.7 Å². The number of aliphatic carboxylic acids is 2. The number of hydrogen-bond acceptors (Lipinski definition) is 10. The van der Waals surface area contributed by atoms with Crippen LogP contribution in [0.5, 0.6) is 0 Å². The molecule has 0 aliphatic heterocycles. The second-order valence-corrected chi connectivity index (χ2v) is 6.84. The van der Waals surface area contributed by atoms with Gasteiger partial charge in [-0.15, -0.1) is 0 Å². The van der Waals surface area contributed by atoms with E-state index < -0.39 is 23.5 Å². The number of nitrogens with zero attached hydrogens (tertiary/aromatic N) is 4. The summed E-state index contributed by atoms with van der Waals surface area (Å²) in [5.41, 5.74) is 6.98. The van der Waals surface area contributed by atoms with Crippen molar-refractivity contribution in [3.63, 3.8) is 0 Å². The third-order valence-electron chi connectivity index (χ3n) is 4.47. The highest BCUT2D eigenvalue weighted by molar-refractivity contribution is 5.96. The number of ether oxygens (including phenoxy) is 1. The zero-order valence-electron chi connectivity index (χ0n) is 17.5. The van der Waals surface area contributed by atoms with E-state index in [1.807, 2.05) is 0 Å². The molecule has 0 bridgehead atoms. The second kappa shape index (κ2) is 10.2. The maximum Gasteiger partial charge on any atom is 0.328 e. The quantitative estimate of drug-likeness (QED) is 0.223. The number of nitrogens with two attached hydrogens (primary N) is 1. The minimum Gasteiger partial charge on any atom is -0.481 e. The molecule has 6 N–H and O–H groups in total. The number of aromatic nitrogens is 4. The summed E-state index contributed by atoms with van der Waals surface area (Å²) < 4.78 is 5.21. The molecule has 2 aromatic heterocycles. The van der Waals surface area contributed by atoms with Crippen molar-refractivity contribution < 1.29 is 24.5 Å². The van der Waals surface area contributed by atoms with Crippen molar-refractivity contribution in [2.45, 2.75) is 25.4 Å². The lowest BCUT2D eigenvalue weighted by atomic mass is 10.1. The van der Waals surface area contributed by atoms with Crippen LogP contribution in [-0.4, -0.2) is 61.1 Å². The first-order valence-electron chi connectivity index (χ1n) is 9.69. The van der Waals surface area contributed by atoms with Crippen molar-refractivity contribution >= 4 is 40.6 Å². The highest BCUT2D eigenvalue weighted by Crippen LogP contribution is 2.14. The molecule has 13 heteroatoms. The van der Waals surface area contributed by atoms with Crippen LogP contribution in [0.2, 0.25) is 0 Å². The predicted octanol–water partition coefficient (Wildman–Crippen LogP) is 0.618. The number of carboxylic acids is 2. The summed E-state index contributed by atoms with van der Waals surface area (Å²) in [6.07, 6.45) is 0.997. The molecular weight excluding hydrogens is 434 g/mol. The van der Waals surface area contributed by atoms with E-state index >= 15 is 0 Å². The van der Waals surface area contributed by atoms with Crippen LogP contribution >= 0.6 is 0 Å². The van der Waals surface area contributed by atoms with Crippen LogP contribution in [0.4, 0.5) is 11.6 Å². The van der Waals surface area contributed by atoms with Gasteiger partial charge in [-0.2, -0.15) is 4.98 Å². The average Bonchev–Trinajstić information content (AvgIpc) is 2.78. The standard InChI is InChI=1S/C20H21N7O6/c1-33-18(25-13(19(31)32)6-7-14(28)29)10-2-4-11(5-3-10)22-8-12-9-23-16-15(24-12)17(30)27-20(21)26-16/h2-5,9,13,22H,6-8H2,1H3,(H,28,29)(H,31,32)(H3,21,23,26,27,30). The van der Waals surface area contributed by atoms with Gasteiger partial charge in [-0.3, -0.25) is 14.6 Å². The topological polar surface area (TPSA) is 206 Å². The van der Waals surface area contributed by atoms with Crippen LogP contribution in [0.3, 0.4) is 0 Å². The number of carboxylic acid groups (broad SMARTS) is 2. The number of aromatic amines is 1. The Balaban J connectivity index is 1.71. The van der Waals surface area contributed by atoms with E-state index in [4.69, 9.17) is 15.6 Å². The number of carbonyl (C=O) groups is 2. The summed E-state index contributed by atoms with van der Waals surface area (Å²) in [4.78, 5) is 52.8. The molecular formula is C20H21N7O6. The van der Waals surface area contributed by atoms with Gasteiger partial charge in [0.15, 0.2) is 17.2 Å². The average molecular weight is 455 g/mol. The Labute approximate surface area is 186 Å². The molecule has 3 rings (SSSR count). The molecule has 0 amide bonds. The van der Waals surface area contributed by atoms with Crippen LogP contribution < -0.4 is 16.6 Å². The first-order chi connectivity index (χ1) is 15.8. The lowest BCUT2D eigenvalue weighted by Crippen LogP contribution is -2.22. The normalized spacial score (nSPS) is 12.3. The van der Waals surface area contributed by atoms with Gasteiger partial charge in [-0.05, 0) is 30.7 Å². The number of H-pyrrole nitrogens is 1. The molecule has 0 saturated carbocycles. The van der Waals surface area contributed by atoms with Crippen LogP contribution in [0.25, 0.3) is 11.2 Å². The molecule has 0 spiro atoms. The number of nitrogen functional groups attached to an aromatic ring is 1. The first-order valence-corrected chi connectivity index (χ1v) is 9.69. The van der Waals surface area contributed by atoms with Gasteiger partial charge in [0.1, 0.15) is 0 Å². The van der Waals surface area contributed by atoms with Crippen molar-refractivity contribution in [1.82, 2.24) is 19.9 Å². The highest BCUT2D eigenvalue weighted by Gasteiger charge is 2.19. The van der Waals surface area contributed by atoms with Crippen LogP contribution in [0.15, 0.2) is 40.2 Å². The smallest absolute Gasteiger partial charge is 0.328 e. The van der Waals surface area contributed by atoms with Crippen LogP contribution in [-0.2, 0) is 20.9 Å². The van der Waals surface area contributed by atoms with E-state index in [1.54, 1.807) is 24.3 Å². The molecule has 3 aromatic rings. The zero-order chi connectivity index (χ0) is 24.0. The number of hydrogen-bond donors (Lipinski definition) is 5. The van der Waals surface area contributed by atoms with Crippen molar-refractivity contribution in [2.75, 3.05) is 18.2 Å². The lowest BCUT2D eigenvalue weighted by molar-refractivity contribution is -0.139. The van der Waals surface area contributed by atoms with Gasteiger partial charge in [0.25, 0.3) is 5.56 Å². The van der Waals surface area contributed by atoms with E-state index in [1.165, 1.54) is 13.3 Å². The molecule has 0 aliphatic rings. The summed E-state index contributed by atoms with van der Waals surface area (Å²) in [7, 11) is 1.35. The molecule has 2 heterocycles. The van der Waals surface area contributed by atoms with Crippen LogP contribution in [0.1, 0.15) is 24.1 Å². The molecule has 13 nitrogen and oxygen atoms in total. The monoisotopic (exact) mass is 455 g/mol. The summed E-state index contributed by atoms with van der Waals surface area (Å²) in [5, 5.41) is 21.2. The third kappa shape index (κ3) is 6.00. The fourth-order valence-electron chi connectivity index (χ4n) is 2.87. The Morgan fingerprint density at radius 2 is 1.97 bits per heavy atom. The number of aliphatic imine (C=N–C) groups is 1. The Bertz CT molecular complexity index is 1260. The maximum absolute atomic E-state index is 12.0. The van der Waals surface area contributed by atoms with Crippen molar-refractivity contribution in [1.29, 1.82) is 0 Å². The number of anilines is 2. The van der Waals surface area contributed by atoms with Gasteiger partial charge in [-0.25, -0.2) is 19.8 Å². The van der Waals surface area contributed by atoms with Crippen LogP contribution in [0, 0.1) is 0 Å². The number of methoxy groups -OCH3 is 1. The van der Waals surface area contributed by atoms with Crippen molar-refractivity contribution in [2.24, 2.45) is 4.99 Å². The SMILES string of the molecule is COC(=NC(CCC(=O)O)C(=O)O)c1ccc(NCc2cnc3nc(N)[nH]c(=O)c3n2)cc1. The molecule has 0 saturated heterocycles. The highest BCUT2D eigenvalue weighted by atomic mass is 16.5. The van der Waals surface area contributed by atoms with E-state index in [2.05, 4.69) is 30.2 Å². The lowest BCUT2D eigenvalue weighted by Gasteiger charge is -2.11. The molecule has 1 atom stereocenters. The van der Waals surface area contributed by atoms with Crippen molar-refractivity contribution in [3.8, 4) is 0 Å². The summed E-state index contributed by atoms with van der Waals surface area (Å²) in [6.45, 7) is 0.271. The minimum atomic E-state index is -1.24. The summed E-state index contributed by atoms with van der Waals surface area (Å²) in [6, 6.07) is 5.54. The first kappa shape index (κ1) is 23.1. The van der Waals surface area contributed by atoms with Gasteiger partial charge >= 0.3 is 11.9 Å². The Hall–Kier alpha value is -4.55. The number of fused-ring (bicyclic) bond motifs is 1. The predicted molar refractivity (Wildman–Crippen MR) is 118 cm³/mol. The van der Waals surface area contributed by atoms with E-state index in [9.17, 15) is 19.5 Å². The molecule has 33 heavy (non-hydrogen) atoms. The van der Waals surface area contributed by atoms with Gasteiger partial charge in [0.2, 0.25) is 11.8 Å². The fourth-order valence-corrected chi connectivity index (χ4v) is 2.87. The number of benzene rings is 1. The van der Waals surface area contributed by atoms with Gasteiger partial charge in [-0.1, -0.05) is 0 Å². The number of rotatable bonds is 9. The van der Waals surface area contributed by atoms with Gasteiger partial charge < -0.3 is 26.0 Å². The van der Waals surface area contributed by atoms with Crippen molar-refractivity contribution in [3.05, 3.63) is 52.1 Å². The van der Waals surface area contributed by atoms with Gasteiger partial charge in [0.05, 0.1) is 25.5 Å². The largest absolute Gasteiger partial charge is 0.481 e. The van der Waals surface area contributed by atoms with E-state index in [-0.39, 0.29) is 42.4 Å². The third-order valence-corrected chi connectivity index (χ3v) is 4.47. The number of nitrogens with one attached hydrogen (secondary N) is 2. The van der Waals surface area contributed by atoms with E-state index in [0.717, 1.165) is 0 Å². The summed E-state index contributed by atoms with van der Waals surface area (Å²) in [5.74, 6) is -2.31. The van der Waals surface area contributed by atoms with E-state index in [0.29, 0.717) is 16.9 Å². The molecule has 0 fully saturated rings. The molecule has 0 radical (unpaired) electrons. The Morgan fingerprint density at radius 1 is 1.24 bits per heavy atom. The fraction of sp³-hybridized carbons (Fsp3) is 0.250. The minimum absolute atomic E-state index is 0.0386. The summed E-state index contributed by atoms with van der Waals surface area (Å²) >= 11 is 0. The Morgan fingerprint density at radius 3 is 2.61 bits per heavy atom. The molecule has 1 aromatic carbocycles. The maximum atomic E-state index is 12.0. The molecule has 0 aliphatic carbocycles. The Kier molecular flexibility index (Phi) is 7.13. The second-order valence-electron chi connectivity index (χ2n) is 6.84. The molecule has 172 valence electrons.